The highest BCUT2D eigenvalue weighted by Gasteiger charge is 2.52. The Hall–Kier alpha value is -4.11. The molecule has 2 aromatic carbocycles. The summed E-state index contributed by atoms with van der Waals surface area (Å²) in [4.78, 5) is 47.7. The van der Waals surface area contributed by atoms with Gasteiger partial charge in [-0.05, 0) is 54.4 Å². The lowest BCUT2D eigenvalue weighted by atomic mass is 9.93. The van der Waals surface area contributed by atoms with E-state index in [1.54, 1.807) is 9.91 Å². The van der Waals surface area contributed by atoms with Gasteiger partial charge in [-0.25, -0.2) is 4.79 Å². The van der Waals surface area contributed by atoms with Gasteiger partial charge in [-0.3, -0.25) is 14.6 Å². The smallest absolute Gasteiger partial charge is 0.332 e. The first-order chi connectivity index (χ1) is 21.4. The van der Waals surface area contributed by atoms with Crippen molar-refractivity contribution in [3.8, 4) is 0 Å². The number of amides is 4. The van der Waals surface area contributed by atoms with Crippen LogP contribution in [-0.4, -0.2) is 88.0 Å². The Morgan fingerprint density at radius 1 is 1.00 bits per heavy atom. The van der Waals surface area contributed by atoms with Gasteiger partial charge in [0.15, 0.2) is 0 Å². The van der Waals surface area contributed by atoms with E-state index in [-0.39, 0.29) is 24.4 Å². The van der Waals surface area contributed by atoms with Crippen LogP contribution in [0.5, 0.6) is 0 Å². The molecule has 9 nitrogen and oxygen atoms in total. The Kier molecular flexibility index (Phi) is 9.02. The van der Waals surface area contributed by atoms with Crippen molar-refractivity contribution in [3.05, 3.63) is 95.2 Å². The molecule has 4 aliphatic rings. The normalized spacial score (nSPS) is 23.9. The van der Waals surface area contributed by atoms with Crippen molar-refractivity contribution in [2.45, 2.75) is 58.3 Å². The Morgan fingerprint density at radius 3 is 2.41 bits per heavy atom. The highest BCUT2D eigenvalue weighted by molar-refractivity contribution is 5.92. The number of rotatable bonds is 9. The number of nitrogens with zero attached hydrogens (tertiary/aromatic N) is 5. The Labute approximate surface area is 260 Å². The van der Waals surface area contributed by atoms with Gasteiger partial charge >= 0.3 is 6.03 Å². The number of hydrazine groups is 1. The summed E-state index contributed by atoms with van der Waals surface area (Å²) >= 11 is 0. The molecule has 3 fully saturated rings. The van der Waals surface area contributed by atoms with Gasteiger partial charge in [-0.1, -0.05) is 80.6 Å². The van der Waals surface area contributed by atoms with Crippen molar-refractivity contribution in [1.82, 2.24) is 30.0 Å². The van der Waals surface area contributed by atoms with E-state index in [0.717, 1.165) is 42.6 Å². The monoisotopic (exact) mass is 596 g/mol. The molecule has 232 valence electrons. The van der Waals surface area contributed by atoms with Crippen LogP contribution in [0.4, 0.5) is 4.79 Å². The van der Waals surface area contributed by atoms with Gasteiger partial charge < -0.3 is 20.0 Å². The number of likely N-dealkylation sites (tertiary alicyclic amines) is 1. The highest BCUT2D eigenvalue weighted by Crippen LogP contribution is 2.37. The molecule has 0 bridgehead atoms. The second-order valence-corrected chi connectivity index (χ2v) is 12.4. The molecule has 3 heterocycles. The molecule has 1 unspecified atom stereocenters. The molecule has 1 N–H and O–H groups in total. The first kappa shape index (κ1) is 29.9. The number of hydrogen-bond acceptors (Lipinski definition) is 5. The van der Waals surface area contributed by atoms with E-state index >= 15 is 0 Å². The second-order valence-electron chi connectivity index (χ2n) is 12.4. The summed E-state index contributed by atoms with van der Waals surface area (Å²) < 4.78 is 0. The number of carbonyl (C=O) groups excluding carboxylic acids is 3. The standard InChI is InChI=1S/C35H44N6O3/c1-3-16-39(35(44)36-22-27-12-6-4-7-13-27)40-25-32(42)41-31(40)24-38(34(43)33(41)29-14-8-5-9-15-29)23-28-19-26(2)20-30(21-28)37-17-10-11-18-37/h4-9,12-15,19,21,26,31,33H,3,10-11,16-18,20,22-25H2,1-2H3,(H,36,44)/t26?,31-,33+/m1/s1. The number of hydrogen-bond donors (Lipinski definition) is 1. The van der Waals surface area contributed by atoms with E-state index in [2.05, 4.69) is 29.3 Å². The van der Waals surface area contributed by atoms with Gasteiger partial charge in [0, 0.05) is 38.4 Å². The molecular formula is C35H44N6O3. The number of fused-ring (bicyclic) bond motifs is 1. The van der Waals surface area contributed by atoms with Gasteiger partial charge in [-0.2, -0.15) is 5.01 Å². The zero-order valence-electron chi connectivity index (χ0n) is 25.9. The van der Waals surface area contributed by atoms with Crippen LogP contribution in [0.1, 0.15) is 56.7 Å². The van der Waals surface area contributed by atoms with E-state index in [1.165, 1.54) is 18.5 Å². The molecule has 3 atom stereocenters. The number of benzene rings is 2. The fraction of sp³-hybridized carbons (Fsp3) is 0.457. The molecule has 44 heavy (non-hydrogen) atoms. The van der Waals surface area contributed by atoms with Crippen molar-refractivity contribution in [2.75, 3.05) is 39.3 Å². The molecule has 3 saturated heterocycles. The molecule has 1 aliphatic carbocycles. The summed E-state index contributed by atoms with van der Waals surface area (Å²) in [6.07, 6.45) is 8.31. The van der Waals surface area contributed by atoms with Crippen molar-refractivity contribution in [2.24, 2.45) is 5.92 Å². The fourth-order valence-electron chi connectivity index (χ4n) is 7.08. The summed E-state index contributed by atoms with van der Waals surface area (Å²) in [5.74, 6) is 0.175. The predicted octanol–water partition coefficient (Wildman–Crippen LogP) is 4.52. The van der Waals surface area contributed by atoms with E-state index in [9.17, 15) is 14.4 Å². The van der Waals surface area contributed by atoms with Crippen molar-refractivity contribution in [1.29, 1.82) is 0 Å². The summed E-state index contributed by atoms with van der Waals surface area (Å²) in [5.41, 5.74) is 4.30. The second kappa shape index (κ2) is 13.3. The van der Waals surface area contributed by atoms with Crippen LogP contribution in [-0.2, 0) is 16.1 Å². The van der Waals surface area contributed by atoms with Crippen LogP contribution >= 0.6 is 0 Å². The zero-order chi connectivity index (χ0) is 30.6. The summed E-state index contributed by atoms with van der Waals surface area (Å²) in [5, 5.41) is 6.60. The van der Waals surface area contributed by atoms with E-state index < -0.39 is 12.2 Å². The SMILES string of the molecule is CCCN(C(=O)NCc1ccccc1)N1CC(=O)N2[C@@H](c3ccccc3)C(=O)N(CC3=CC(C)CC(N4CCCC4)=C3)C[C@@H]21. The topological polar surface area (TPSA) is 79.4 Å². The Bertz CT molecular complexity index is 1400. The molecule has 0 aromatic heterocycles. The first-order valence-electron chi connectivity index (χ1n) is 16.1. The lowest BCUT2D eigenvalue weighted by Crippen LogP contribution is -2.63. The molecule has 0 spiro atoms. The number of piperazine rings is 1. The summed E-state index contributed by atoms with van der Waals surface area (Å²) in [7, 11) is 0. The van der Waals surface area contributed by atoms with Crippen molar-refractivity contribution in [3.63, 3.8) is 0 Å². The quantitative estimate of drug-likeness (QED) is 0.461. The number of nitrogens with one attached hydrogen (secondary N) is 1. The van der Waals surface area contributed by atoms with Crippen LogP contribution in [0.25, 0.3) is 0 Å². The van der Waals surface area contributed by atoms with Gasteiger partial charge in [-0.15, -0.1) is 0 Å². The molecular weight excluding hydrogens is 552 g/mol. The first-order valence-corrected chi connectivity index (χ1v) is 16.1. The average Bonchev–Trinajstić information content (AvgIpc) is 3.68. The van der Waals surface area contributed by atoms with Crippen molar-refractivity contribution >= 4 is 17.8 Å². The third-order valence-electron chi connectivity index (χ3n) is 9.11. The highest BCUT2D eigenvalue weighted by atomic mass is 16.2. The van der Waals surface area contributed by atoms with Crippen LogP contribution in [0.15, 0.2) is 84.1 Å². The Morgan fingerprint density at radius 2 is 1.70 bits per heavy atom. The fourth-order valence-corrected chi connectivity index (χ4v) is 7.08. The molecule has 9 heteroatoms. The van der Waals surface area contributed by atoms with Crippen molar-refractivity contribution < 1.29 is 14.4 Å². The average molecular weight is 597 g/mol. The molecule has 0 saturated carbocycles. The maximum Gasteiger partial charge on any atom is 0.332 e. The van der Waals surface area contributed by atoms with E-state index in [4.69, 9.17) is 0 Å². The largest absolute Gasteiger partial charge is 0.375 e. The molecule has 3 aliphatic heterocycles. The number of allylic oxidation sites excluding steroid dienone is 2. The number of urea groups is 1. The minimum Gasteiger partial charge on any atom is -0.375 e. The maximum atomic E-state index is 14.3. The van der Waals surface area contributed by atoms with E-state index in [1.807, 2.05) is 77.5 Å². The molecule has 4 amide bonds. The van der Waals surface area contributed by atoms with Crippen LogP contribution in [0, 0.1) is 5.92 Å². The lowest BCUT2D eigenvalue weighted by Gasteiger charge is -2.46. The molecule has 6 rings (SSSR count). The van der Waals surface area contributed by atoms with E-state index in [0.29, 0.717) is 32.1 Å². The minimum atomic E-state index is -0.744. The third kappa shape index (κ3) is 6.24. The van der Waals surface area contributed by atoms with Gasteiger partial charge in [0.1, 0.15) is 12.2 Å². The summed E-state index contributed by atoms with van der Waals surface area (Å²) in [6.45, 7) is 8.17. The lowest BCUT2D eigenvalue weighted by molar-refractivity contribution is -0.156. The molecule has 0 radical (unpaired) electrons. The third-order valence-corrected chi connectivity index (χ3v) is 9.11. The molecule has 2 aromatic rings. The zero-order valence-corrected chi connectivity index (χ0v) is 25.9. The number of carbonyl (C=O) groups is 3. The van der Waals surface area contributed by atoms with Crippen LogP contribution in [0.2, 0.25) is 0 Å². The van der Waals surface area contributed by atoms with Crippen LogP contribution in [0.3, 0.4) is 0 Å². The van der Waals surface area contributed by atoms with Crippen LogP contribution < -0.4 is 5.32 Å². The van der Waals surface area contributed by atoms with Gasteiger partial charge in [0.25, 0.3) is 5.91 Å². The Balaban J connectivity index is 1.28. The maximum absolute atomic E-state index is 14.3. The van der Waals surface area contributed by atoms with Gasteiger partial charge in [0.2, 0.25) is 5.91 Å². The summed E-state index contributed by atoms with van der Waals surface area (Å²) in [6, 6.07) is 18.4. The van der Waals surface area contributed by atoms with Gasteiger partial charge in [0.05, 0.1) is 13.1 Å². The minimum absolute atomic E-state index is 0.0482. The predicted molar refractivity (Wildman–Crippen MR) is 170 cm³/mol.